The van der Waals surface area contributed by atoms with Gasteiger partial charge in [-0.3, -0.25) is 10.1 Å². The van der Waals surface area contributed by atoms with Crippen LogP contribution < -0.4 is 0 Å². The van der Waals surface area contributed by atoms with Crippen molar-refractivity contribution in [3.05, 3.63) is 45.3 Å². The molecular weight excluding hydrogens is 276 g/mol. The number of nitrogens with zero attached hydrogens (tertiary/aromatic N) is 4. The van der Waals surface area contributed by atoms with Crippen molar-refractivity contribution in [3.8, 4) is 5.69 Å². The lowest BCUT2D eigenvalue weighted by Crippen LogP contribution is -2.09. The van der Waals surface area contributed by atoms with E-state index in [0.717, 1.165) is 0 Å². The molecule has 0 saturated carbocycles. The summed E-state index contributed by atoms with van der Waals surface area (Å²) in [5.74, 6) is -1.32. The highest BCUT2D eigenvalue weighted by atomic mass is 16.6. The molecule has 0 spiro atoms. The SMILES string of the molecule is Cc1ccc(-n2nnc(C(=O)O)c2C(C)C)cc1[N+](=O)[O-]. The number of aryl methyl sites for hydroxylation is 1. The van der Waals surface area contributed by atoms with Gasteiger partial charge in [0.2, 0.25) is 0 Å². The number of nitro benzene ring substituents is 1. The fraction of sp³-hybridized carbons (Fsp3) is 0.308. The quantitative estimate of drug-likeness (QED) is 0.683. The molecule has 0 fully saturated rings. The van der Waals surface area contributed by atoms with Crippen LogP contribution in [-0.2, 0) is 0 Å². The summed E-state index contributed by atoms with van der Waals surface area (Å²) in [6.45, 7) is 5.25. The first-order valence-electron chi connectivity index (χ1n) is 6.27. The molecule has 0 unspecified atom stereocenters. The molecule has 2 rings (SSSR count). The molecule has 0 saturated heterocycles. The molecule has 0 aliphatic carbocycles. The first kappa shape index (κ1) is 14.6. The number of hydrogen-bond acceptors (Lipinski definition) is 5. The average Bonchev–Trinajstić information content (AvgIpc) is 2.83. The van der Waals surface area contributed by atoms with E-state index in [-0.39, 0.29) is 17.3 Å². The molecule has 8 nitrogen and oxygen atoms in total. The Balaban J connectivity index is 2.65. The largest absolute Gasteiger partial charge is 0.476 e. The van der Waals surface area contributed by atoms with Gasteiger partial charge in [-0.15, -0.1) is 5.10 Å². The molecule has 1 heterocycles. The maximum atomic E-state index is 11.2. The zero-order valence-electron chi connectivity index (χ0n) is 11.8. The Morgan fingerprint density at radius 3 is 2.62 bits per heavy atom. The molecule has 0 amide bonds. The van der Waals surface area contributed by atoms with Crippen molar-refractivity contribution in [2.75, 3.05) is 0 Å². The molecule has 8 heteroatoms. The van der Waals surface area contributed by atoms with Gasteiger partial charge in [-0.25, -0.2) is 9.48 Å². The van der Waals surface area contributed by atoms with Crippen LogP contribution in [0.5, 0.6) is 0 Å². The minimum atomic E-state index is -1.17. The fourth-order valence-electron chi connectivity index (χ4n) is 2.08. The molecule has 1 aromatic heterocycles. The zero-order valence-corrected chi connectivity index (χ0v) is 11.8. The molecule has 2 aromatic rings. The summed E-state index contributed by atoms with van der Waals surface area (Å²) in [6, 6.07) is 4.61. The molecule has 0 bridgehead atoms. The molecule has 110 valence electrons. The van der Waals surface area contributed by atoms with Crippen LogP contribution in [0.3, 0.4) is 0 Å². The van der Waals surface area contributed by atoms with E-state index in [4.69, 9.17) is 5.11 Å². The number of benzene rings is 1. The van der Waals surface area contributed by atoms with E-state index in [0.29, 0.717) is 16.9 Å². The number of hydrogen-bond donors (Lipinski definition) is 1. The van der Waals surface area contributed by atoms with Crippen molar-refractivity contribution in [1.82, 2.24) is 15.0 Å². The van der Waals surface area contributed by atoms with Crippen LogP contribution in [0.1, 0.15) is 41.5 Å². The summed E-state index contributed by atoms with van der Waals surface area (Å²) < 4.78 is 1.33. The molecule has 0 atom stereocenters. The van der Waals surface area contributed by atoms with Gasteiger partial charge in [0.05, 0.1) is 16.3 Å². The van der Waals surface area contributed by atoms with Gasteiger partial charge in [0.25, 0.3) is 5.69 Å². The second-order valence-corrected chi connectivity index (χ2v) is 4.92. The summed E-state index contributed by atoms with van der Waals surface area (Å²) in [6.07, 6.45) is 0. The summed E-state index contributed by atoms with van der Waals surface area (Å²) >= 11 is 0. The second-order valence-electron chi connectivity index (χ2n) is 4.92. The highest BCUT2D eigenvalue weighted by Gasteiger charge is 2.23. The van der Waals surface area contributed by atoms with Crippen molar-refractivity contribution >= 4 is 11.7 Å². The van der Waals surface area contributed by atoms with Gasteiger partial charge in [-0.2, -0.15) is 0 Å². The van der Waals surface area contributed by atoms with Crippen molar-refractivity contribution in [2.45, 2.75) is 26.7 Å². The first-order chi connectivity index (χ1) is 9.82. The lowest BCUT2D eigenvalue weighted by Gasteiger charge is -2.10. The summed E-state index contributed by atoms with van der Waals surface area (Å²) in [4.78, 5) is 21.7. The van der Waals surface area contributed by atoms with Gasteiger partial charge in [0.1, 0.15) is 0 Å². The van der Waals surface area contributed by atoms with Crippen LogP contribution in [0.15, 0.2) is 18.2 Å². The monoisotopic (exact) mass is 290 g/mol. The minimum Gasteiger partial charge on any atom is -0.476 e. The lowest BCUT2D eigenvalue weighted by atomic mass is 10.1. The Morgan fingerprint density at radius 2 is 2.10 bits per heavy atom. The van der Waals surface area contributed by atoms with E-state index < -0.39 is 10.9 Å². The van der Waals surface area contributed by atoms with Crippen molar-refractivity contribution in [2.24, 2.45) is 0 Å². The molecule has 0 aliphatic rings. The number of rotatable bonds is 4. The first-order valence-corrected chi connectivity index (χ1v) is 6.27. The smallest absolute Gasteiger partial charge is 0.358 e. The highest BCUT2D eigenvalue weighted by Crippen LogP contribution is 2.25. The van der Waals surface area contributed by atoms with Gasteiger partial charge >= 0.3 is 5.97 Å². The molecule has 1 aromatic carbocycles. The third-order valence-corrected chi connectivity index (χ3v) is 3.09. The maximum Gasteiger partial charge on any atom is 0.358 e. The zero-order chi connectivity index (χ0) is 15.7. The van der Waals surface area contributed by atoms with Crippen LogP contribution in [-0.4, -0.2) is 31.0 Å². The van der Waals surface area contributed by atoms with E-state index >= 15 is 0 Å². The second kappa shape index (κ2) is 5.31. The lowest BCUT2D eigenvalue weighted by molar-refractivity contribution is -0.385. The molecule has 0 aliphatic heterocycles. The fourth-order valence-corrected chi connectivity index (χ4v) is 2.08. The number of aromatic carboxylic acids is 1. The predicted molar refractivity (Wildman–Crippen MR) is 73.8 cm³/mol. The van der Waals surface area contributed by atoms with Gasteiger partial charge in [0, 0.05) is 11.6 Å². The van der Waals surface area contributed by atoms with Gasteiger partial charge in [-0.1, -0.05) is 25.1 Å². The third-order valence-electron chi connectivity index (χ3n) is 3.09. The van der Waals surface area contributed by atoms with E-state index in [9.17, 15) is 14.9 Å². The molecule has 21 heavy (non-hydrogen) atoms. The van der Waals surface area contributed by atoms with Crippen molar-refractivity contribution in [3.63, 3.8) is 0 Å². The Bertz CT molecular complexity index is 721. The average molecular weight is 290 g/mol. The topological polar surface area (TPSA) is 111 Å². The minimum absolute atomic E-state index is 0.0467. The Hall–Kier alpha value is -2.77. The summed E-state index contributed by atoms with van der Waals surface area (Å²) in [5, 5.41) is 27.6. The molecular formula is C13H14N4O4. The van der Waals surface area contributed by atoms with Crippen molar-refractivity contribution < 1.29 is 14.8 Å². The van der Waals surface area contributed by atoms with Crippen LogP contribution in [0.25, 0.3) is 5.69 Å². The van der Waals surface area contributed by atoms with E-state index in [1.165, 1.54) is 10.7 Å². The normalized spacial score (nSPS) is 10.9. The molecule has 0 radical (unpaired) electrons. The van der Waals surface area contributed by atoms with Crippen LogP contribution in [0.4, 0.5) is 5.69 Å². The van der Waals surface area contributed by atoms with E-state index in [2.05, 4.69) is 10.3 Å². The van der Waals surface area contributed by atoms with Gasteiger partial charge < -0.3 is 5.11 Å². The standard InChI is InChI=1S/C13H14N4O4/c1-7(2)12-11(13(18)19)14-15-16(12)9-5-4-8(3)10(6-9)17(20)21/h4-7H,1-3H3,(H,18,19). The van der Waals surface area contributed by atoms with E-state index in [1.54, 1.807) is 19.1 Å². The number of carbonyl (C=O) groups is 1. The maximum absolute atomic E-state index is 11.2. The number of aromatic nitrogens is 3. The van der Waals surface area contributed by atoms with Gasteiger partial charge in [0.15, 0.2) is 5.69 Å². The Labute approximate surface area is 120 Å². The third kappa shape index (κ3) is 2.60. The Morgan fingerprint density at radius 1 is 1.43 bits per heavy atom. The summed E-state index contributed by atoms with van der Waals surface area (Å²) in [7, 11) is 0. The number of carboxylic acids is 1. The van der Waals surface area contributed by atoms with Crippen molar-refractivity contribution in [1.29, 1.82) is 0 Å². The van der Waals surface area contributed by atoms with Crippen LogP contribution in [0, 0.1) is 17.0 Å². The highest BCUT2D eigenvalue weighted by molar-refractivity contribution is 5.86. The molecule has 1 N–H and O–H groups in total. The number of carboxylic acid groups (broad SMARTS) is 1. The summed E-state index contributed by atoms with van der Waals surface area (Å²) in [5.41, 5.74) is 1.15. The van der Waals surface area contributed by atoms with Crippen LogP contribution in [0.2, 0.25) is 0 Å². The van der Waals surface area contributed by atoms with Gasteiger partial charge in [-0.05, 0) is 18.9 Å². The van der Waals surface area contributed by atoms with Crippen LogP contribution >= 0.6 is 0 Å². The van der Waals surface area contributed by atoms with E-state index in [1.807, 2.05) is 13.8 Å². The predicted octanol–water partition coefficient (Wildman–Crippen LogP) is 2.31. The Kier molecular flexibility index (Phi) is 3.70. The number of nitro groups is 1.